The molecule has 2 aliphatic rings. The molecule has 2 aromatic carbocycles. The van der Waals surface area contributed by atoms with E-state index in [1.54, 1.807) is 48.3 Å². The molecule has 4 N–H and O–H groups in total. The molecule has 6 heterocycles. The topological polar surface area (TPSA) is 253 Å². The summed E-state index contributed by atoms with van der Waals surface area (Å²) in [5, 5.41) is 16.4. The molecule has 0 bridgehead atoms. The molecule has 21 nitrogen and oxygen atoms in total. The number of likely N-dealkylation sites (tertiary alicyclic amines) is 2. The molecule has 3 atom stereocenters. The lowest BCUT2D eigenvalue weighted by atomic mass is 9.85. The Balaban J connectivity index is 0.721. The minimum Gasteiger partial charge on any atom is -0.391 e. The third kappa shape index (κ3) is 15.8. The summed E-state index contributed by atoms with van der Waals surface area (Å²) in [6.45, 7) is 11.7. The predicted octanol–water partition coefficient (Wildman–Crippen LogP) is 6.41. The van der Waals surface area contributed by atoms with Crippen molar-refractivity contribution < 1.29 is 55.7 Å². The highest BCUT2D eigenvalue weighted by molar-refractivity contribution is 7.92. The third-order valence-corrected chi connectivity index (χ3v) is 17.1. The first-order chi connectivity index (χ1) is 39.7. The van der Waals surface area contributed by atoms with E-state index in [0.29, 0.717) is 60.3 Å². The maximum Gasteiger partial charge on any atom is 0.246 e. The molecule has 2 fully saturated rings. The minimum absolute atomic E-state index is 0.0166. The van der Waals surface area contributed by atoms with Gasteiger partial charge in [-0.05, 0) is 67.0 Å². The molecule has 0 radical (unpaired) electrons. The number of β-amino-alcohol motifs (C(OH)–C–C–N with tert-alkyl or cyclic N) is 1. The molecule has 4 aromatic heterocycles. The number of carbonyl (C=O) groups excluding carboxylic acids is 4. The van der Waals surface area contributed by atoms with Gasteiger partial charge in [-0.3, -0.25) is 23.9 Å². The van der Waals surface area contributed by atoms with E-state index in [1.165, 1.54) is 22.0 Å². The van der Waals surface area contributed by atoms with Crippen LogP contribution in [0.15, 0.2) is 79.0 Å². The van der Waals surface area contributed by atoms with Crippen LogP contribution in [0.25, 0.3) is 38.3 Å². The number of benzene rings is 2. The summed E-state index contributed by atoms with van der Waals surface area (Å²) in [6.07, 6.45) is 7.04. The Morgan fingerprint density at radius 1 is 0.904 bits per heavy atom. The summed E-state index contributed by atoms with van der Waals surface area (Å²) in [4.78, 5) is 77.6. The molecule has 0 unspecified atom stereocenters. The van der Waals surface area contributed by atoms with Crippen molar-refractivity contribution in [3.63, 3.8) is 0 Å². The highest BCUT2D eigenvalue weighted by Crippen LogP contribution is 2.37. The fraction of sp³-hybridized carbons (Fsp3) is 0.483. The molecular weight excluding hydrogens is 1110 g/mol. The summed E-state index contributed by atoms with van der Waals surface area (Å²) in [6, 6.07) is 11.5. The second kappa shape index (κ2) is 28.0. The van der Waals surface area contributed by atoms with E-state index in [9.17, 15) is 32.7 Å². The van der Waals surface area contributed by atoms with Gasteiger partial charge in [-0.15, -0.1) is 11.3 Å². The number of ether oxygens (including phenoxy) is 3. The van der Waals surface area contributed by atoms with Gasteiger partial charge in [0.2, 0.25) is 33.7 Å². The van der Waals surface area contributed by atoms with Crippen LogP contribution in [0.4, 0.5) is 20.3 Å². The van der Waals surface area contributed by atoms with Crippen molar-refractivity contribution in [1.82, 2.24) is 44.9 Å². The van der Waals surface area contributed by atoms with Gasteiger partial charge in [-0.25, -0.2) is 37.1 Å². The third-order valence-electron chi connectivity index (χ3n) is 14.7. The molecule has 446 valence electrons. The number of aliphatic hydroxyl groups excluding tert-OH is 1. The number of fused-ring (bicyclic) bond motifs is 1. The van der Waals surface area contributed by atoms with E-state index in [4.69, 9.17) is 19.2 Å². The first kappa shape index (κ1) is 62.0. The van der Waals surface area contributed by atoms with E-state index >= 15 is 8.78 Å². The number of nitrogens with one attached hydrogen (secondary N) is 3. The van der Waals surface area contributed by atoms with Crippen LogP contribution >= 0.6 is 11.3 Å². The Kier molecular flexibility index (Phi) is 20.9. The number of sulfonamides is 1. The molecule has 0 spiro atoms. The minimum atomic E-state index is -3.88. The van der Waals surface area contributed by atoms with Gasteiger partial charge in [0.05, 0.1) is 90.7 Å². The van der Waals surface area contributed by atoms with Crippen LogP contribution in [0.5, 0.6) is 0 Å². The molecule has 6 aromatic rings. The molecule has 83 heavy (non-hydrogen) atoms. The number of thiazole rings is 1. The van der Waals surface area contributed by atoms with Crippen molar-refractivity contribution in [1.29, 1.82) is 0 Å². The molecule has 0 saturated carbocycles. The van der Waals surface area contributed by atoms with Gasteiger partial charge in [0.25, 0.3) is 0 Å². The second-order valence-corrected chi connectivity index (χ2v) is 24.5. The van der Waals surface area contributed by atoms with Gasteiger partial charge in [0.1, 0.15) is 35.7 Å². The summed E-state index contributed by atoms with van der Waals surface area (Å²) in [7, 11) is -1.96. The van der Waals surface area contributed by atoms with Crippen LogP contribution in [0.1, 0.15) is 77.5 Å². The Hall–Kier alpha value is -7.03. The molecule has 25 heteroatoms. The highest BCUT2D eigenvalue weighted by atomic mass is 32.2. The Morgan fingerprint density at radius 2 is 1.58 bits per heavy atom. The molecular formula is C58H73F2N11O10S2. The smallest absolute Gasteiger partial charge is 0.246 e. The van der Waals surface area contributed by atoms with Crippen LogP contribution < -0.4 is 20.3 Å². The van der Waals surface area contributed by atoms with Crippen molar-refractivity contribution in [2.75, 3.05) is 81.7 Å². The van der Waals surface area contributed by atoms with Crippen LogP contribution in [-0.4, -0.2) is 168 Å². The molecule has 2 saturated heterocycles. The lowest BCUT2D eigenvalue weighted by Gasteiger charge is -2.37. The number of aryl methyl sites for hydroxylation is 1. The number of aliphatic hydroxyl groups is 1. The van der Waals surface area contributed by atoms with Gasteiger partial charge in [-0.1, -0.05) is 52.0 Å². The standard InChI is InChI=1S/C58H73F2N11O10S2/c1-7-28-83(77,78)67-45-13-12-44(59)53(51(45)60)70-34-43(40-31-61-35-62-32-40)52-46(70)14-15-48(65-52)68(6)41-16-20-69(21-17-41)50(74)19-23-80-25-27-81-26-24-79-22-18-49(73)66-55(58(3,4)5)57(76)71-33-42(72)29-47(71)56(75)63-30-38-8-10-39(11-9-38)54-37(2)64-36-82-54/h8-15,31-32,34-36,41-42,47,55,67,72H,7,16-30,33H2,1-6H3,(H,63,75)(H,66,73)/t42-,47+,55-/m1/s1. The predicted molar refractivity (Wildman–Crippen MR) is 311 cm³/mol. The average Bonchev–Trinajstić information content (AvgIpc) is 4.42. The number of piperidine rings is 1. The average molecular weight is 1190 g/mol. The van der Waals surface area contributed by atoms with Crippen LogP contribution in [0.3, 0.4) is 0 Å². The lowest BCUT2D eigenvalue weighted by Crippen LogP contribution is -2.57. The van der Waals surface area contributed by atoms with Crippen molar-refractivity contribution >= 4 is 67.5 Å². The van der Waals surface area contributed by atoms with Gasteiger partial charge in [0, 0.05) is 81.8 Å². The van der Waals surface area contributed by atoms with Gasteiger partial charge in [0.15, 0.2) is 5.82 Å². The monoisotopic (exact) mass is 1190 g/mol. The summed E-state index contributed by atoms with van der Waals surface area (Å²) in [5.41, 5.74) is 4.95. The number of hydrogen-bond acceptors (Lipinski definition) is 16. The number of rotatable bonds is 26. The zero-order valence-corrected chi connectivity index (χ0v) is 49.2. The molecule has 4 amide bonds. The van der Waals surface area contributed by atoms with Crippen LogP contribution in [0, 0.1) is 24.0 Å². The maximum absolute atomic E-state index is 16.1. The highest BCUT2D eigenvalue weighted by Gasteiger charge is 2.44. The summed E-state index contributed by atoms with van der Waals surface area (Å²) >= 11 is 1.56. The second-order valence-electron chi connectivity index (χ2n) is 21.8. The number of aromatic nitrogens is 5. The normalized spacial score (nSPS) is 16.3. The number of pyridine rings is 1. The number of anilines is 2. The quantitative estimate of drug-likeness (QED) is 0.0428. The zero-order chi connectivity index (χ0) is 59.4. The van der Waals surface area contributed by atoms with E-state index in [0.717, 1.165) is 33.8 Å². The molecule has 0 aliphatic carbocycles. The summed E-state index contributed by atoms with van der Waals surface area (Å²) < 4.78 is 77.3. The largest absolute Gasteiger partial charge is 0.391 e. The van der Waals surface area contributed by atoms with E-state index in [1.807, 2.05) is 68.8 Å². The SMILES string of the molecule is CCCS(=O)(=O)Nc1ccc(F)c(-n2cc(-c3cncnc3)c3nc(N(C)C4CCN(C(=O)CCOCCOCCOCCC(=O)N[C@H](C(=O)N5C[C@H](O)C[C@H]5C(=O)NCc5ccc(-c6scnc6C)cc5)C(C)(C)C)CC4)ccc32)c1F. The number of carbonyl (C=O) groups is 4. The number of nitrogens with zero attached hydrogens (tertiary/aromatic N) is 8. The Labute approximate surface area is 486 Å². The fourth-order valence-electron chi connectivity index (χ4n) is 10.2. The number of hydrogen-bond donors (Lipinski definition) is 4. The van der Waals surface area contributed by atoms with Crippen molar-refractivity contribution in [3.8, 4) is 27.3 Å². The van der Waals surface area contributed by atoms with Crippen LogP contribution in [-0.2, 0) is 50.0 Å². The molecule has 8 rings (SSSR count). The molecule has 2 aliphatic heterocycles. The summed E-state index contributed by atoms with van der Waals surface area (Å²) in [5.74, 6) is -2.89. The number of halogens is 2. The lowest BCUT2D eigenvalue weighted by molar-refractivity contribution is -0.144. The number of amides is 4. The van der Waals surface area contributed by atoms with E-state index < -0.39 is 62.8 Å². The van der Waals surface area contributed by atoms with Crippen molar-refractivity contribution in [2.45, 2.75) is 104 Å². The van der Waals surface area contributed by atoms with Crippen molar-refractivity contribution in [2.24, 2.45) is 5.41 Å². The first-order valence-electron chi connectivity index (χ1n) is 27.8. The van der Waals surface area contributed by atoms with Gasteiger partial charge < -0.3 is 49.2 Å². The first-order valence-corrected chi connectivity index (χ1v) is 30.3. The fourth-order valence-corrected chi connectivity index (χ4v) is 12.1. The Morgan fingerprint density at radius 3 is 2.23 bits per heavy atom. The van der Waals surface area contributed by atoms with E-state index in [2.05, 4.69) is 30.3 Å². The van der Waals surface area contributed by atoms with Crippen LogP contribution in [0.2, 0.25) is 0 Å². The zero-order valence-electron chi connectivity index (χ0n) is 47.6. The van der Waals surface area contributed by atoms with Gasteiger partial charge in [-0.2, -0.15) is 0 Å². The van der Waals surface area contributed by atoms with Crippen molar-refractivity contribution in [3.05, 3.63) is 102 Å². The Bertz CT molecular complexity index is 3320. The maximum atomic E-state index is 16.1. The van der Waals surface area contributed by atoms with Gasteiger partial charge >= 0.3 is 0 Å². The van der Waals surface area contributed by atoms with E-state index in [-0.39, 0.29) is 101 Å².